The molecule has 1 aliphatic rings. The van der Waals surface area contributed by atoms with Gasteiger partial charge in [-0.15, -0.1) is 5.10 Å². The number of carbonyl (C=O) groups excluding carboxylic acids is 1. The van der Waals surface area contributed by atoms with Crippen molar-refractivity contribution in [1.82, 2.24) is 25.5 Å². The first-order chi connectivity index (χ1) is 12.1. The highest BCUT2D eigenvalue weighted by Crippen LogP contribution is 2.17. The van der Waals surface area contributed by atoms with Gasteiger partial charge >= 0.3 is 0 Å². The van der Waals surface area contributed by atoms with E-state index < -0.39 is 0 Å². The minimum absolute atomic E-state index is 0.0740. The Morgan fingerprint density at radius 1 is 1.52 bits per heavy atom. The maximum Gasteiger partial charge on any atom is 0.242 e. The van der Waals surface area contributed by atoms with Crippen LogP contribution in [-0.4, -0.2) is 51.4 Å². The van der Waals surface area contributed by atoms with Gasteiger partial charge in [0.15, 0.2) is 0 Å². The van der Waals surface area contributed by atoms with Crippen LogP contribution in [0.25, 0.3) is 0 Å². The number of aromatic amines is 1. The first kappa shape index (κ1) is 17.6. The van der Waals surface area contributed by atoms with Gasteiger partial charge in [-0.05, 0) is 37.1 Å². The van der Waals surface area contributed by atoms with Crippen molar-refractivity contribution in [2.75, 3.05) is 13.2 Å². The molecule has 0 aromatic carbocycles. The lowest BCUT2D eigenvalue weighted by Gasteiger charge is -2.32. The molecule has 9 heteroatoms. The summed E-state index contributed by atoms with van der Waals surface area (Å²) in [5, 5.41) is 9.59. The molecule has 2 aromatic heterocycles. The summed E-state index contributed by atoms with van der Waals surface area (Å²) in [6.07, 6.45) is 2.87. The Morgan fingerprint density at radius 2 is 2.40 bits per heavy atom. The number of pyridine rings is 1. The molecule has 2 N–H and O–H groups in total. The van der Waals surface area contributed by atoms with Crippen molar-refractivity contribution in [3.63, 3.8) is 0 Å². The molecule has 25 heavy (non-hydrogen) atoms. The SMILES string of the molecule is Cc1ccc(O[C@@H]2COCC[C@@H]2NC(=O)CCc2nc(Cl)n[nH]2)cn1. The quantitative estimate of drug-likeness (QED) is 0.803. The van der Waals surface area contributed by atoms with E-state index in [0.717, 1.165) is 5.69 Å². The van der Waals surface area contributed by atoms with Gasteiger partial charge in [0.25, 0.3) is 0 Å². The Bertz CT molecular complexity index is 706. The predicted octanol–water partition coefficient (Wildman–Crippen LogP) is 1.45. The van der Waals surface area contributed by atoms with Crippen molar-refractivity contribution in [3.8, 4) is 5.75 Å². The summed E-state index contributed by atoms with van der Waals surface area (Å²) in [5.74, 6) is 1.18. The number of halogens is 1. The molecule has 134 valence electrons. The second-order valence-corrected chi connectivity index (χ2v) is 6.22. The summed E-state index contributed by atoms with van der Waals surface area (Å²) >= 11 is 5.65. The summed E-state index contributed by atoms with van der Waals surface area (Å²) < 4.78 is 11.4. The standard InChI is InChI=1S/C16H20ClN5O3/c1-10-2-3-11(8-18-10)25-13-9-24-7-6-12(13)19-15(23)5-4-14-20-16(17)22-21-14/h2-3,8,12-13H,4-7,9H2,1H3,(H,19,23)(H,20,21,22)/t12-,13+/m0/s1. The van der Waals surface area contributed by atoms with Gasteiger partial charge < -0.3 is 14.8 Å². The maximum absolute atomic E-state index is 12.2. The number of carbonyl (C=O) groups is 1. The van der Waals surface area contributed by atoms with Crippen molar-refractivity contribution in [1.29, 1.82) is 0 Å². The molecule has 0 unspecified atom stereocenters. The molecule has 8 nitrogen and oxygen atoms in total. The van der Waals surface area contributed by atoms with Gasteiger partial charge in [0.2, 0.25) is 11.2 Å². The summed E-state index contributed by atoms with van der Waals surface area (Å²) in [6, 6.07) is 3.64. The fourth-order valence-electron chi connectivity index (χ4n) is 2.59. The molecule has 0 aliphatic carbocycles. The van der Waals surface area contributed by atoms with Crippen molar-refractivity contribution in [2.24, 2.45) is 0 Å². The maximum atomic E-state index is 12.2. The zero-order chi connectivity index (χ0) is 17.6. The molecule has 2 atom stereocenters. The van der Waals surface area contributed by atoms with Gasteiger partial charge in [0, 0.05) is 25.1 Å². The molecule has 3 heterocycles. The van der Waals surface area contributed by atoms with Crippen molar-refractivity contribution in [2.45, 2.75) is 38.3 Å². The number of aromatic nitrogens is 4. The van der Waals surface area contributed by atoms with Crippen molar-refractivity contribution in [3.05, 3.63) is 35.1 Å². The summed E-state index contributed by atoms with van der Waals surface area (Å²) in [7, 11) is 0. The van der Waals surface area contributed by atoms with Crippen LogP contribution in [0.2, 0.25) is 5.28 Å². The van der Waals surface area contributed by atoms with Crippen molar-refractivity contribution >= 4 is 17.5 Å². The van der Waals surface area contributed by atoms with Crippen LogP contribution in [0.4, 0.5) is 0 Å². The third-order valence-electron chi connectivity index (χ3n) is 3.92. The van der Waals surface area contributed by atoms with Gasteiger partial charge in [-0.2, -0.15) is 0 Å². The molecule has 1 saturated heterocycles. The van der Waals surface area contributed by atoms with E-state index in [9.17, 15) is 4.79 Å². The van der Waals surface area contributed by atoms with Gasteiger partial charge in [-0.3, -0.25) is 14.9 Å². The third kappa shape index (κ3) is 5.14. The highest BCUT2D eigenvalue weighted by molar-refractivity contribution is 6.28. The zero-order valence-corrected chi connectivity index (χ0v) is 14.6. The summed E-state index contributed by atoms with van der Waals surface area (Å²) in [6.45, 7) is 2.93. The third-order valence-corrected chi connectivity index (χ3v) is 4.08. The first-order valence-corrected chi connectivity index (χ1v) is 8.51. The second-order valence-electron chi connectivity index (χ2n) is 5.88. The van der Waals surface area contributed by atoms with E-state index in [1.165, 1.54) is 0 Å². The van der Waals surface area contributed by atoms with Crippen LogP contribution in [0.1, 0.15) is 24.4 Å². The average molecular weight is 366 g/mol. The predicted molar refractivity (Wildman–Crippen MR) is 90.5 cm³/mol. The normalized spacial score (nSPS) is 20.2. The lowest BCUT2D eigenvalue weighted by Crippen LogP contribution is -2.51. The van der Waals surface area contributed by atoms with E-state index in [2.05, 4.69) is 25.5 Å². The van der Waals surface area contributed by atoms with E-state index in [-0.39, 0.29) is 23.3 Å². The molecule has 0 bridgehead atoms. The Balaban J connectivity index is 1.53. The molecular formula is C16H20ClN5O3. The second kappa shape index (κ2) is 8.26. The molecule has 1 aliphatic heterocycles. The number of nitrogens with zero attached hydrogens (tertiary/aromatic N) is 3. The highest BCUT2D eigenvalue weighted by Gasteiger charge is 2.29. The van der Waals surface area contributed by atoms with Crippen LogP contribution in [-0.2, 0) is 16.0 Å². The topological polar surface area (TPSA) is 102 Å². The van der Waals surface area contributed by atoms with Gasteiger partial charge in [-0.25, -0.2) is 4.98 Å². The minimum atomic E-state index is -0.248. The number of aryl methyl sites for hydroxylation is 2. The van der Waals surface area contributed by atoms with E-state index in [0.29, 0.717) is 44.1 Å². The van der Waals surface area contributed by atoms with Crippen LogP contribution < -0.4 is 10.1 Å². The number of ether oxygens (including phenoxy) is 2. The van der Waals surface area contributed by atoms with Crippen LogP contribution in [0.3, 0.4) is 0 Å². The number of nitrogens with one attached hydrogen (secondary N) is 2. The lowest BCUT2D eigenvalue weighted by molar-refractivity contribution is -0.124. The van der Waals surface area contributed by atoms with E-state index >= 15 is 0 Å². The smallest absolute Gasteiger partial charge is 0.242 e. The fraction of sp³-hybridized carbons (Fsp3) is 0.500. The Kier molecular flexibility index (Phi) is 5.83. The summed E-state index contributed by atoms with van der Waals surface area (Å²) in [4.78, 5) is 20.4. The lowest BCUT2D eigenvalue weighted by atomic mass is 10.1. The van der Waals surface area contributed by atoms with Gasteiger partial charge in [0.1, 0.15) is 17.7 Å². The summed E-state index contributed by atoms with van der Waals surface area (Å²) in [5.41, 5.74) is 0.921. The molecule has 2 aromatic rings. The van der Waals surface area contributed by atoms with Crippen LogP contribution in [0.15, 0.2) is 18.3 Å². The molecular weight excluding hydrogens is 346 g/mol. The molecule has 0 radical (unpaired) electrons. The van der Waals surface area contributed by atoms with E-state index in [1.54, 1.807) is 6.20 Å². The Morgan fingerprint density at radius 3 is 3.12 bits per heavy atom. The largest absolute Gasteiger partial charge is 0.484 e. The van der Waals surface area contributed by atoms with Crippen LogP contribution >= 0.6 is 11.6 Å². The van der Waals surface area contributed by atoms with Crippen LogP contribution in [0, 0.1) is 6.92 Å². The number of hydrogen-bond donors (Lipinski definition) is 2. The van der Waals surface area contributed by atoms with Crippen molar-refractivity contribution < 1.29 is 14.3 Å². The average Bonchev–Trinajstić information content (AvgIpc) is 3.02. The molecule has 1 amide bonds. The minimum Gasteiger partial charge on any atom is -0.484 e. The molecule has 1 fully saturated rings. The number of amides is 1. The van der Waals surface area contributed by atoms with E-state index in [4.69, 9.17) is 21.1 Å². The Labute approximate surface area is 150 Å². The first-order valence-electron chi connectivity index (χ1n) is 8.13. The monoisotopic (exact) mass is 365 g/mol. The number of H-pyrrole nitrogens is 1. The fourth-order valence-corrected chi connectivity index (χ4v) is 2.73. The van der Waals surface area contributed by atoms with Gasteiger partial charge in [0.05, 0.1) is 18.8 Å². The zero-order valence-electron chi connectivity index (χ0n) is 13.9. The number of hydrogen-bond acceptors (Lipinski definition) is 6. The Hall–Kier alpha value is -2.19. The molecule has 3 rings (SSSR count). The number of rotatable bonds is 6. The molecule has 0 saturated carbocycles. The van der Waals surface area contributed by atoms with Gasteiger partial charge in [-0.1, -0.05) is 0 Å². The molecule has 0 spiro atoms. The van der Waals surface area contributed by atoms with E-state index in [1.807, 2.05) is 19.1 Å². The van der Waals surface area contributed by atoms with Crippen LogP contribution in [0.5, 0.6) is 5.75 Å². The highest BCUT2D eigenvalue weighted by atomic mass is 35.5.